The number of H-pyrrole nitrogens is 1. The third kappa shape index (κ3) is 4.49. The van der Waals surface area contributed by atoms with Crippen LogP contribution in [0.15, 0.2) is 58.1 Å². The van der Waals surface area contributed by atoms with Gasteiger partial charge in [-0.25, -0.2) is 4.98 Å². The predicted octanol–water partition coefficient (Wildman–Crippen LogP) is 3.25. The van der Waals surface area contributed by atoms with Crippen molar-refractivity contribution in [3.05, 3.63) is 60.1 Å². The number of nitrogens with zero attached hydrogens (tertiary/aromatic N) is 4. The van der Waals surface area contributed by atoms with Gasteiger partial charge in [-0.15, -0.1) is 29.1 Å². The topological polar surface area (TPSA) is 82.3 Å². The van der Waals surface area contributed by atoms with Crippen LogP contribution in [0.1, 0.15) is 23.7 Å². The minimum absolute atomic E-state index is 0. The zero-order chi connectivity index (χ0) is 17.8. The number of rotatable bonds is 4. The van der Waals surface area contributed by atoms with Crippen molar-refractivity contribution in [3.63, 3.8) is 0 Å². The molecule has 0 aliphatic carbocycles. The van der Waals surface area contributed by atoms with Crippen LogP contribution in [0.4, 0.5) is 0 Å². The van der Waals surface area contributed by atoms with Crippen molar-refractivity contribution in [3.8, 4) is 11.6 Å². The summed E-state index contributed by atoms with van der Waals surface area (Å²) in [6.45, 7) is 2.50. The van der Waals surface area contributed by atoms with Gasteiger partial charge >= 0.3 is 0 Å². The van der Waals surface area contributed by atoms with E-state index in [1.54, 1.807) is 6.26 Å². The van der Waals surface area contributed by atoms with E-state index in [1.807, 2.05) is 19.2 Å². The number of aliphatic imine (C=N–C) groups is 1. The smallest absolute Gasteiger partial charge is 0.216 e. The number of guanidine groups is 1. The van der Waals surface area contributed by atoms with Crippen molar-refractivity contribution in [2.45, 2.75) is 18.9 Å². The molecule has 1 saturated heterocycles. The largest absolute Gasteiger partial charge is 0.461 e. The lowest BCUT2D eigenvalue weighted by molar-refractivity contribution is 0.484. The number of likely N-dealkylation sites (tertiary alicyclic amines) is 1. The zero-order valence-electron chi connectivity index (χ0n) is 15.1. The Balaban J connectivity index is 0.00000210. The van der Waals surface area contributed by atoms with Gasteiger partial charge in [0.15, 0.2) is 11.7 Å². The van der Waals surface area contributed by atoms with Crippen LogP contribution >= 0.6 is 24.0 Å². The van der Waals surface area contributed by atoms with Gasteiger partial charge in [0.2, 0.25) is 5.82 Å². The van der Waals surface area contributed by atoms with E-state index in [0.29, 0.717) is 24.0 Å². The van der Waals surface area contributed by atoms with E-state index in [0.717, 1.165) is 31.3 Å². The average Bonchev–Trinajstić information content (AvgIpc) is 3.44. The molecule has 0 bridgehead atoms. The molecular weight excluding hydrogens is 455 g/mol. The molecule has 0 saturated carbocycles. The number of benzene rings is 1. The van der Waals surface area contributed by atoms with Gasteiger partial charge in [-0.1, -0.05) is 30.3 Å². The summed E-state index contributed by atoms with van der Waals surface area (Å²) in [6.07, 6.45) is 2.75. The number of aromatic nitrogens is 3. The molecule has 1 aliphatic heterocycles. The summed E-state index contributed by atoms with van der Waals surface area (Å²) in [5.41, 5.74) is 1.39. The molecular formula is C19H23IN6O. The van der Waals surface area contributed by atoms with E-state index in [2.05, 4.69) is 60.7 Å². The van der Waals surface area contributed by atoms with Crippen LogP contribution in [0.5, 0.6) is 0 Å². The molecule has 1 atom stereocenters. The van der Waals surface area contributed by atoms with Crippen molar-refractivity contribution in [2.75, 3.05) is 20.1 Å². The van der Waals surface area contributed by atoms with E-state index in [-0.39, 0.29) is 24.0 Å². The van der Waals surface area contributed by atoms with Crippen LogP contribution in [0.25, 0.3) is 11.6 Å². The van der Waals surface area contributed by atoms with E-state index >= 15 is 0 Å². The highest BCUT2D eigenvalue weighted by Crippen LogP contribution is 2.26. The van der Waals surface area contributed by atoms with E-state index in [4.69, 9.17) is 4.42 Å². The van der Waals surface area contributed by atoms with Gasteiger partial charge in [-0.05, 0) is 24.1 Å². The molecule has 1 aromatic carbocycles. The molecule has 1 aliphatic rings. The minimum Gasteiger partial charge on any atom is -0.461 e. The molecule has 2 aromatic heterocycles. The minimum atomic E-state index is 0. The van der Waals surface area contributed by atoms with Gasteiger partial charge < -0.3 is 14.6 Å². The Hall–Kier alpha value is -2.36. The molecule has 1 unspecified atom stereocenters. The van der Waals surface area contributed by atoms with Crippen molar-refractivity contribution >= 4 is 29.9 Å². The molecule has 0 radical (unpaired) electrons. The highest BCUT2D eigenvalue weighted by molar-refractivity contribution is 14.0. The van der Waals surface area contributed by atoms with Crippen LogP contribution in [0.2, 0.25) is 0 Å². The molecule has 4 rings (SSSR count). The summed E-state index contributed by atoms with van der Waals surface area (Å²) in [7, 11) is 1.81. The molecule has 142 valence electrons. The third-order valence-electron chi connectivity index (χ3n) is 4.66. The lowest BCUT2D eigenvalue weighted by Crippen LogP contribution is -2.39. The fourth-order valence-electron chi connectivity index (χ4n) is 3.34. The summed E-state index contributed by atoms with van der Waals surface area (Å²) in [4.78, 5) is 11.2. The van der Waals surface area contributed by atoms with E-state index in [9.17, 15) is 0 Å². The van der Waals surface area contributed by atoms with Crippen molar-refractivity contribution in [1.82, 2.24) is 25.4 Å². The number of aromatic amines is 1. The van der Waals surface area contributed by atoms with Crippen molar-refractivity contribution in [2.24, 2.45) is 4.99 Å². The highest BCUT2D eigenvalue weighted by Gasteiger charge is 2.26. The summed E-state index contributed by atoms with van der Waals surface area (Å²) in [5, 5.41) is 10.5. The maximum absolute atomic E-state index is 5.32. The fourth-order valence-corrected chi connectivity index (χ4v) is 3.34. The third-order valence-corrected chi connectivity index (χ3v) is 4.66. The summed E-state index contributed by atoms with van der Waals surface area (Å²) in [5.74, 6) is 3.40. The molecule has 1 fully saturated rings. The van der Waals surface area contributed by atoms with Crippen LogP contribution in [-0.2, 0) is 6.54 Å². The first kappa shape index (κ1) is 19.4. The Kier molecular flexibility index (Phi) is 6.49. The SMILES string of the molecule is CN=C(NCc1nc(-c2ccco2)n[nH]1)N1CCC(c2ccccc2)C1.I. The predicted molar refractivity (Wildman–Crippen MR) is 115 cm³/mol. The van der Waals surface area contributed by atoms with Crippen LogP contribution < -0.4 is 5.32 Å². The normalized spacial score (nSPS) is 17.0. The zero-order valence-corrected chi connectivity index (χ0v) is 17.5. The summed E-state index contributed by atoms with van der Waals surface area (Å²) in [6, 6.07) is 14.3. The molecule has 2 N–H and O–H groups in total. The average molecular weight is 478 g/mol. The Morgan fingerprint density at radius 2 is 2.15 bits per heavy atom. The molecule has 7 nitrogen and oxygen atoms in total. The number of nitrogens with one attached hydrogen (secondary N) is 2. The van der Waals surface area contributed by atoms with Gasteiger partial charge in [0.05, 0.1) is 12.8 Å². The first-order chi connectivity index (χ1) is 12.8. The Labute approximate surface area is 175 Å². The Morgan fingerprint density at radius 3 is 2.89 bits per heavy atom. The highest BCUT2D eigenvalue weighted by atomic mass is 127. The van der Waals surface area contributed by atoms with Gasteiger partial charge in [-0.2, -0.15) is 0 Å². The van der Waals surface area contributed by atoms with Crippen LogP contribution in [0, 0.1) is 0 Å². The number of hydrogen-bond acceptors (Lipinski definition) is 4. The maximum Gasteiger partial charge on any atom is 0.216 e. The van der Waals surface area contributed by atoms with Gasteiger partial charge in [0.1, 0.15) is 5.82 Å². The molecule has 0 amide bonds. The molecule has 27 heavy (non-hydrogen) atoms. The van der Waals surface area contributed by atoms with Crippen LogP contribution in [-0.4, -0.2) is 46.2 Å². The van der Waals surface area contributed by atoms with E-state index in [1.165, 1.54) is 5.56 Å². The van der Waals surface area contributed by atoms with Gasteiger partial charge in [-0.3, -0.25) is 10.1 Å². The second kappa shape index (κ2) is 9.03. The monoisotopic (exact) mass is 478 g/mol. The van der Waals surface area contributed by atoms with E-state index < -0.39 is 0 Å². The second-order valence-corrected chi connectivity index (χ2v) is 6.33. The Bertz CT molecular complexity index is 861. The van der Waals surface area contributed by atoms with Gasteiger partial charge in [0.25, 0.3) is 0 Å². The lowest BCUT2D eigenvalue weighted by atomic mass is 9.99. The molecule has 0 spiro atoms. The Morgan fingerprint density at radius 1 is 1.30 bits per heavy atom. The van der Waals surface area contributed by atoms with Crippen molar-refractivity contribution < 1.29 is 4.42 Å². The number of hydrogen-bond donors (Lipinski definition) is 2. The molecule has 8 heteroatoms. The first-order valence-corrected chi connectivity index (χ1v) is 8.79. The first-order valence-electron chi connectivity index (χ1n) is 8.79. The fraction of sp³-hybridized carbons (Fsp3) is 0.316. The summed E-state index contributed by atoms with van der Waals surface area (Å²) < 4.78 is 5.32. The number of furan rings is 1. The van der Waals surface area contributed by atoms with Crippen LogP contribution in [0.3, 0.4) is 0 Å². The molecule has 3 aromatic rings. The summed E-state index contributed by atoms with van der Waals surface area (Å²) >= 11 is 0. The lowest BCUT2D eigenvalue weighted by Gasteiger charge is -2.21. The number of halogens is 1. The molecule has 3 heterocycles. The maximum atomic E-state index is 5.32. The van der Waals surface area contributed by atoms with Gasteiger partial charge in [0, 0.05) is 26.1 Å². The second-order valence-electron chi connectivity index (χ2n) is 6.33. The van der Waals surface area contributed by atoms with Crippen molar-refractivity contribution in [1.29, 1.82) is 0 Å². The standard InChI is InChI=1S/C19H22N6O.HI/c1-20-19(25-10-9-15(13-25)14-6-3-2-4-7-14)21-12-17-22-18(24-23-17)16-8-5-11-26-16;/h2-8,11,15H,9-10,12-13H2,1H3,(H,20,21)(H,22,23,24);1H. The quantitative estimate of drug-likeness (QED) is 0.342.